The van der Waals surface area contributed by atoms with Crippen molar-refractivity contribution in [1.82, 2.24) is 0 Å². The summed E-state index contributed by atoms with van der Waals surface area (Å²) in [5.41, 5.74) is -0.587. The number of aliphatic hydroxyl groups is 1. The second kappa shape index (κ2) is 6.57. The van der Waals surface area contributed by atoms with E-state index < -0.39 is 17.5 Å². The van der Waals surface area contributed by atoms with E-state index in [2.05, 4.69) is 0 Å². The quantitative estimate of drug-likeness (QED) is 0.804. The Morgan fingerprint density at radius 3 is 2.63 bits per heavy atom. The Hall–Kier alpha value is -1.55. The van der Waals surface area contributed by atoms with Crippen LogP contribution in [0.2, 0.25) is 0 Å². The van der Waals surface area contributed by atoms with E-state index in [1.807, 2.05) is 6.92 Å². The fourth-order valence-corrected chi connectivity index (χ4v) is 2.11. The Morgan fingerprint density at radius 1 is 1.42 bits per heavy atom. The summed E-state index contributed by atoms with van der Waals surface area (Å²) in [6.07, 6.45) is 0.417. The monoisotopic (exact) mass is 266 g/mol. The molecule has 2 unspecified atom stereocenters. The Kier molecular flexibility index (Phi) is 5.36. The van der Waals surface area contributed by atoms with Crippen LogP contribution in [0.15, 0.2) is 24.3 Å². The van der Waals surface area contributed by atoms with Gasteiger partial charge in [0.1, 0.15) is 11.4 Å². The Bertz CT molecular complexity index is 430. The number of hydrogen-bond donors (Lipinski definition) is 1. The molecule has 0 heterocycles. The van der Waals surface area contributed by atoms with Gasteiger partial charge in [0.25, 0.3) is 0 Å². The zero-order chi connectivity index (χ0) is 14.5. The van der Waals surface area contributed by atoms with Gasteiger partial charge in [0, 0.05) is 0 Å². The summed E-state index contributed by atoms with van der Waals surface area (Å²) in [6.45, 7) is 5.58. The number of methoxy groups -OCH3 is 1. The molecule has 1 aromatic carbocycles. The smallest absolute Gasteiger partial charge is 0.311 e. The fraction of sp³-hybridized carbons (Fsp3) is 0.533. The van der Waals surface area contributed by atoms with E-state index in [-0.39, 0.29) is 0 Å². The molecule has 106 valence electrons. The SMILES string of the molecule is CCOC(=O)C(C)C(O)(CC)c1cccc(OC)c1. The highest BCUT2D eigenvalue weighted by Gasteiger charge is 2.39. The lowest BCUT2D eigenvalue weighted by molar-refractivity contribution is -0.158. The van der Waals surface area contributed by atoms with Crippen LogP contribution in [0.1, 0.15) is 32.8 Å². The van der Waals surface area contributed by atoms with E-state index >= 15 is 0 Å². The predicted molar refractivity (Wildman–Crippen MR) is 73.0 cm³/mol. The number of ether oxygens (including phenoxy) is 2. The molecule has 4 heteroatoms. The van der Waals surface area contributed by atoms with Gasteiger partial charge in [0.2, 0.25) is 0 Å². The highest BCUT2D eigenvalue weighted by atomic mass is 16.5. The van der Waals surface area contributed by atoms with Crippen molar-refractivity contribution in [1.29, 1.82) is 0 Å². The van der Waals surface area contributed by atoms with Gasteiger partial charge in [-0.25, -0.2) is 0 Å². The molecule has 0 radical (unpaired) electrons. The van der Waals surface area contributed by atoms with Crippen LogP contribution in [-0.2, 0) is 15.1 Å². The van der Waals surface area contributed by atoms with E-state index in [9.17, 15) is 9.90 Å². The minimum absolute atomic E-state index is 0.307. The first-order chi connectivity index (χ1) is 8.99. The van der Waals surface area contributed by atoms with Gasteiger partial charge in [-0.15, -0.1) is 0 Å². The van der Waals surface area contributed by atoms with Gasteiger partial charge in [0.15, 0.2) is 0 Å². The molecule has 0 saturated heterocycles. The van der Waals surface area contributed by atoms with Crippen LogP contribution in [0.4, 0.5) is 0 Å². The van der Waals surface area contributed by atoms with Crippen molar-refractivity contribution in [3.8, 4) is 5.75 Å². The molecule has 0 aliphatic heterocycles. The number of carbonyl (C=O) groups excluding carboxylic acids is 1. The van der Waals surface area contributed by atoms with E-state index in [4.69, 9.17) is 9.47 Å². The molecule has 0 saturated carbocycles. The number of esters is 1. The standard InChI is InChI=1S/C15H22O4/c1-5-15(17,11(3)14(16)19-6-2)12-8-7-9-13(10-12)18-4/h7-11,17H,5-6H2,1-4H3. The summed E-state index contributed by atoms with van der Waals surface area (Å²) in [5, 5.41) is 10.8. The summed E-state index contributed by atoms with van der Waals surface area (Å²) in [5.74, 6) is -0.375. The van der Waals surface area contributed by atoms with Crippen molar-refractivity contribution >= 4 is 5.97 Å². The van der Waals surface area contributed by atoms with Gasteiger partial charge in [-0.2, -0.15) is 0 Å². The molecule has 0 aromatic heterocycles. The van der Waals surface area contributed by atoms with Crippen LogP contribution < -0.4 is 4.74 Å². The van der Waals surface area contributed by atoms with Crippen LogP contribution in [0.3, 0.4) is 0 Å². The molecule has 4 nitrogen and oxygen atoms in total. The maximum atomic E-state index is 11.9. The number of rotatable bonds is 6. The van der Waals surface area contributed by atoms with Crippen molar-refractivity contribution in [2.45, 2.75) is 32.8 Å². The maximum absolute atomic E-state index is 11.9. The lowest BCUT2D eigenvalue weighted by atomic mass is 9.80. The summed E-state index contributed by atoms with van der Waals surface area (Å²) in [6, 6.07) is 7.14. The van der Waals surface area contributed by atoms with Crippen LogP contribution in [0.5, 0.6) is 5.75 Å². The fourth-order valence-electron chi connectivity index (χ4n) is 2.11. The molecule has 0 aliphatic rings. The van der Waals surface area contributed by atoms with Crippen LogP contribution >= 0.6 is 0 Å². The van der Waals surface area contributed by atoms with Crippen molar-refractivity contribution in [2.24, 2.45) is 5.92 Å². The molecule has 1 N–H and O–H groups in total. The average molecular weight is 266 g/mol. The van der Waals surface area contributed by atoms with Gasteiger partial charge < -0.3 is 14.6 Å². The van der Waals surface area contributed by atoms with Crippen molar-refractivity contribution in [2.75, 3.05) is 13.7 Å². The second-order valence-corrected chi connectivity index (χ2v) is 4.48. The molecule has 0 amide bonds. The summed E-state index contributed by atoms with van der Waals surface area (Å²) < 4.78 is 10.2. The third-order valence-corrected chi connectivity index (χ3v) is 3.47. The Labute approximate surface area is 114 Å². The zero-order valence-electron chi connectivity index (χ0n) is 12.0. The van der Waals surface area contributed by atoms with E-state index in [0.29, 0.717) is 24.3 Å². The van der Waals surface area contributed by atoms with Gasteiger partial charge in [-0.1, -0.05) is 19.1 Å². The van der Waals surface area contributed by atoms with Gasteiger partial charge in [-0.3, -0.25) is 4.79 Å². The van der Waals surface area contributed by atoms with E-state index in [0.717, 1.165) is 0 Å². The summed E-state index contributed by atoms with van der Waals surface area (Å²) >= 11 is 0. The number of hydrogen-bond acceptors (Lipinski definition) is 4. The molecular weight excluding hydrogens is 244 g/mol. The van der Waals surface area contributed by atoms with Gasteiger partial charge in [0.05, 0.1) is 19.6 Å². The first-order valence-corrected chi connectivity index (χ1v) is 6.53. The predicted octanol–water partition coefficient (Wildman–Crippen LogP) is 2.49. The topological polar surface area (TPSA) is 55.8 Å². The first kappa shape index (κ1) is 15.5. The minimum Gasteiger partial charge on any atom is -0.497 e. The molecule has 1 aromatic rings. The minimum atomic E-state index is -1.25. The maximum Gasteiger partial charge on any atom is 0.311 e. The van der Waals surface area contributed by atoms with Crippen molar-refractivity contribution in [3.63, 3.8) is 0 Å². The van der Waals surface area contributed by atoms with Crippen molar-refractivity contribution < 1.29 is 19.4 Å². The molecule has 0 aliphatic carbocycles. The average Bonchev–Trinajstić information content (AvgIpc) is 2.45. The van der Waals surface area contributed by atoms with E-state index in [1.165, 1.54) is 0 Å². The highest BCUT2D eigenvalue weighted by Crippen LogP contribution is 2.35. The molecule has 0 bridgehead atoms. The normalized spacial score (nSPS) is 15.4. The van der Waals surface area contributed by atoms with Crippen molar-refractivity contribution in [3.05, 3.63) is 29.8 Å². The molecule has 2 atom stereocenters. The van der Waals surface area contributed by atoms with Crippen LogP contribution in [0, 0.1) is 5.92 Å². The zero-order valence-corrected chi connectivity index (χ0v) is 12.0. The number of carbonyl (C=O) groups is 1. The molecular formula is C15H22O4. The Balaban J connectivity index is 3.10. The third-order valence-electron chi connectivity index (χ3n) is 3.47. The highest BCUT2D eigenvalue weighted by molar-refractivity contribution is 5.74. The largest absolute Gasteiger partial charge is 0.497 e. The van der Waals surface area contributed by atoms with E-state index in [1.54, 1.807) is 45.2 Å². The van der Waals surface area contributed by atoms with Gasteiger partial charge >= 0.3 is 5.97 Å². The molecule has 0 fully saturated rings. The second-order valence-electron chi connectivity index (χ2n) is 4.48. The molecule has 0 spiro atoms. The Morgan fingerprint density at radius 2 is 2.11 bits per heavy atom. The lowest BCUT2D eigenvalue weighted by Crippen LogP contribution is -2.38. The first-order valence-electron chi connectivity index (χ1n) is 6.53. The van der Waals surface area contributed by atoms with Crippen LogP contribution in [-0.4, -0.2) is 24.8 Å². The van der Waals surface area contributed by atoms with Crippen LogP contribution in [0.25, 0.3) is 0 Å². The summed E-state index contributed by atoms with van der Waals surface area (Å²) in [7, 11) is 1.57. The molecule has 1 rings (SSSR count). The molecule has 19 heavy (non-hydrogen) atoms. The third kappa shape index (κ3) is 3.26. The summed E-state index contributed by atoms with van der Waals surface area (Å²) in [4.78, 5) is 11.9. The van der Waals surface area contributed by atoms with Gasteiger partial charge in [-0.05, 0) is 38.0 Å². The lowest BCUT2D eigenvalue weighted by Gasteiger charge is -2.32. The number of benzene rings is 1.